The van der Waals surface area contributed by atoms with E-state index in [0.29, 0.717) is 69.9 Å². The van der Waals surface area contributed by atoms with Crippen molar-refractivity contribution in [3.05, 3.63) is 40.1 Å². The zero-order valence-corrected chi connectivity index (χ0v) is 13.3. The molecule has 0 saturated carbocycles. The Morgan fingerprint density at radius 2 is 1.38 bits per heavy atom. The molecule has 132 valence electrons. The number of fused-ring (bicyclic) bond motifs is 1. The highest BCUT2D eigenvalue weighted by Crippen LogP contribution is 2.29. The van der Waals surface area contributed by atoms with Crippen molar-refractivity contribution in [2.45, 2.75) is 0 Å². The van der Waals surface area contributed by atoms with Crippen molar-refractivity contribution in [3.8, 4) is 11.5 Å². The number of benzene rings is 1. The predicted molar refractivity (Wildman–Crippen MR) is 85.9 cm³/mol. The number of ether oxygens (including phenoxy) is 5. The van der Waals surface area contributed by atoms with Crippen molar-refractivity contribution in [3.63, 3.8) is 0 Å². The summed E-state index contributed by atoms with van der Waals surface area (Å²) in [5.41, 5.74) is 0.650. The van der Waals surface area contributed by atoms with Gasteiger partial charge in [-0.1, -0.05) is 6.07 Å². The highest BCUT2D eigenvalue weighted by Gasteiger charge is 2.07. The molecule has 1 aromatic carbocycles. The van der Waals surface area contributed by atoms with E-state index in [0.717, 1.165) is 6.20 Å². The minimum atomic E-state index is -0.514. The maximum atomic E-state index is 10.4. The maximum absolute atomic E-state index is 10.4. The Hall–Kier alpha value is -2.16. The van der Waals surface area contributed by atoms with Crippen LogP contribution in [0.15, 0.2) is 24.4 Å². The first-order valence-electron chi connectivity index (χ1n) is 7.70. The van der Waals surface area contributed by atoms with Gasteiger partial charge in [0.05, 0.1) is 44.6 Å². The van der Waals surface area contributed by atoms with E-state index in [4.69, 9.17) is 23.7 Å². The van der Waals surface area contributed by atoms with Crippen molar-refractivity contribution in [2.75, 3.05) is 52.9 Å². The molecule has 1 aliphatic heterocycles. The number of nitro groups is 1. The van der Waals surface area contributed by atoms with Crippen LogP contribution in [0.4, 0.5) is 0 Å². The van der Waals surface area contributed by atoms with E-state index in [2.05, 4.69) is 0 Å². The first kappa shape index (κ1) is 18.2. The fourth-order valence-electron chi connectivity index (χ4n) is 1.97. The summed E-state index contributed by atoms with van der Waals surface area (Å²) < 4.78 is 27.5. The zero-order valence-electron chi connectivity index (χ0n) is 13.3. The molecule has 24 heavy (non-hydrogen) atoms. The SMILES string of the molecule is O=[N+]([O-])C=Cc1ccc2c(c1)OCCOCCOCCOCCO2. The molecular formula is C16H21NO7. The summed E-state index contributed by atoms with van der Waals surface area (Å²) in [4.78, 5) is 9.91. The van der Waals surface area contributed by atoms with Gasteiger partial charge in [0.2, 0.25) is 6.20 Å². The van der Waals surface area contributed by atoms with Gasteiger partial charge in [-0.2, -0.15) is 0 Å². The van der Waals surface area contributed by atoms with E-state index in [1.807, 2.05) is 0 Å². The lowest BCUT2D eigenvalue weighted by atomic mass is 10.2. The molecule has 0 unspecified atom stereocenters. The van der Waals surface area contributed by atoms with Crippen LogP contribution in [-0.4, -0.2) is 57.8 Å². The summed E-state index contributed by atoms with van der Waals surface area (Å²) in [7, 11) is 0. The molecule has 2 rings (SSSR count). The van der Waals surface area contributed by atoms with Crippen LogP contribution in [0.2, 0.25) is 0 Å². The lowest BCUT2D eigenvalue weighted by molar-refractivity contribution is -0.400. The van der Waals surface area contributed by atoms with Crippen LogP contribution in [0.25, 0.3) is 6.08 Å². The predicted octanol–water partition coefficient (Wildman–Crippen LogP) is 1.75. The van der Waals surface area contributed by atoms with Crippen LogP contribution in [0.1, 0.15) is 5.56 Å². The van der Waals surface area contributed by atoms with Gasteiger partial charge in [0.25, 0.3) is 0 Å². The molecule has 0 fully saturated rings. The Labute approximate surface area is 140 Å². The summed E-state index contributed by atoms with van der Waals surface area (Å²) in [6, 6.07) is 5.13. The lowest BCUT2D eigenvalue weighted by Crippen LogP contribution is -2.13. The largest absolute Gasteiger partial charge is 0.487 e. The van der Waals surface area contributed by atoms with E-state index in [1.54, 1.807) is 18.2 Å². The molecule has 0 spiro atoms. The second kappa shape index (κ2) is 10.6. The molecule has 0 saturated heterocycles. The quantitative estimate of drug-likeness (QED) is 0.599. The smallest absolute Gasteiger partial charge is 0.235 e. The molecule has 0 aliphatic carbocycles. The van der Waals surface area contributed by atoms with Crippen LogP contribution in [-0.2, 0) is 14.2 Å². The Bertz CT molecular complexity index is 547. The van der Waals surface area contributed by atoms with E-state index in [1.165, 1.54) is 6.08 Å². The molecule has 1 aromatic rings. The van der Waals surface area contributed by atoms with Crippen LogP contribution in [0.5, 0.6) is 11.5 Å². The first-order chi connectivity index (χ1) is 11.8. The normalized spacial score (nSPS) is 17.8. The van der Waals surface area contributed by atoms with Crippen LogP contribution >= 0.6 is 0 Å². The highest BCUT2D eigenvalue weighted by molar-refractivity contribution is 5.55. The van der Waals surface area contributed by atoms with Gasteiger partial charge in [-0.15, -0.1) is 0 Å². The summed E-state index contributed by atoms with van der Waals surface area (Å²) in [6.07, 6.45) is 2.28. The average Bonchev–Trinajstić information content (AvgIpc) is 2.58. The van der Waals surface area contributed by atoms with E-state index >= 15 is 0 Å². The molecule has 0 amide bonds. The Kier molecular flexibility index (Phi) is 8.02. The minimum absolute atomic E-state index is 0.343. The van der Waals surface area contributed by atoms with Gasteiger partial charge < -0.3 is 23.7 Å². The zero-order chi connectivity index (χ0) is 17.0. The van der Waals surface area contributed by atoms with E-state index in [-0.39, 0.29) is 0 Å². The van der Waals surface area contributed by atoms with Gasteiger partial charge in [0.1, 0.15) is 13.2 Å². The van der Waals surface area contributed by atoms with Gasteiger partial charge in [0.15, 0.2) is 11.5 Å². The van der Waals surface area contributed by atoms with Crippen LogP contribution < -0.4 is 9.47 Å². The second-order valence-electron chi connectivity index (χ2n) is 4.84. The number of hydrogen-bond acceptors (Lipinski definition) is 7. The Morgan fingerprint density at radius 3 is 1.96 bits per heavy atom. The molecule has 0 bridgehead atoms. The number of rotatable bonds is 2. The maximum Gasteiger partial charge on any atom is 0.235 e. The Morgan fingerprint density at radius 1 is 0.833 bits per heavy atom. The lowest BCUT2D eigenvalue weighted by Gasteiger charge is -2.13. The van der Waals surface area contributed by atoms with Crippen molar-refractivity contribution in [1.29, 1.82) is 0 Å². The third kappa shape index (κ3) is 6.95. The summed E-state index contributed by atoms with van der Waals surface area (Å²) in [6.45, 7) is 3.56. The van der Waals surface area contributed by atoms with E-state index < -0.39 is 4.92 Å². The minimum Gasteiger partial charge on any atom is -0.487 e. The third-order valence-corrected chi connectivity index (χ3v) is 3.07. The van der Waals surface area contributed by atoms with Gasteiger partial charge in [-0.3, -0.25) is 10.1 Å². The molecule has 1 aliphatic rings. The fraction of sp³-hybridized carbons (Fsp3) is 0.500. The summed E-state index contributed by atoms with van der Waals surface area (Å²) in [5, 5.41) is 10.4. The number of hydrogen-bond donors (Lipinski definition) is 0. The van der Waals surface area contributed by atoms with E-state index in [9.17, 15) is 10.1 Å². The topological polar surface area (TPSA) is 89.3 Å². The third-order valence-electron chi connectivity index (χ3n) is 3.07. The molecule has 0 radical (unpaired) electrons. The van der Waals surface area contributed by atoms with Gasteiger partial charge in [-0.25, -0.2) is 0 Å². The molecule has 0 atom stereocenters. The summed E-state index contributed by atoms with van der Waals surface area (Å²) in [5.74, 6) is 1.07. The molecule has 8 nitrogen and oxygen atoms in total. The van der Waals surface area contributed by atoms with Crippen LogP contribution in [0.3, 0.4) is 0 Å². The van der Waals surface area contributed by atoms with Crippen molar-refractivity contribution in [1.82, 2.24) is 0 Å². The molecule has 0 aromatic heterocycles. The second-order valence-corrected chi connectivity index (χ2v) is 4.84. The first-order valence-corrected chi connectivity index (χ1v) is 7.70. The molecule has 1 heterocycles. The van der Waals surface area contributed by atoms with Gasteiger partial charge in [0, 0.05) is 6.08 Å². The molecule has 8 heteroatoms. The fourth-order valence-corrected chi connectivity index (χ4v) is 1.97. The monoisotopic (exact) mass is 339 g/mol. The van der Waals surface area contributed by atoms with Crippen molar-refractivity contribution in [2.24, 2.45) is 0 Å². The highest BCUT2D eigenvalue weighted by atomic mass is 16.6. The van der Waals surface area contributed by atoms with Crippen molar-refractivity contribution >= 4 is 6.08 Å². The average molecular weight is 339 g/mol. The number of nitrogens with zero attached hydrogens (tertiary/aromatic N) is 1. The van der Waals surface area contributed by atoms with Crippen LogP contribution in [0, 0.1) is 10.1 Å². The van der Waals surface area contributed by atoms with Crippen molar-refractivity contribution < 1.29 is 28.6 Å². The standard InChI is InChI=1S/C16H21NO7/c18-17(19)4-3-14-1-2-15-16(13-14)24-12-10-22-8-6-20-5-7-21-9-11-23-15/h1-4,13H,5-12H2. The molecule has 0 N–H and O–H groups in total. The van der Waals surface area contributed by atoms with Gasteiger partial charge >= 0.3 is 0 Å². The molecular weight excluding hydrogens is 318 g/mol. The van der Waals surface area contributed by atoms with Gasteiger partial charge in [-0.05, 0) is 17.7 Å². The Balaban J connectivity index is 2.04. The summed E-state index contributed by atoms with van der Waals surface area (Å²) >= 11 is 0.